The van der Waals surface area contributed by atoms with Crippen molar-refractivity contribution in [1.82, 2.24) is 21.3 Å². The van der Waals surface area contributed by atoms with Crippen molar-refractivity contribution in [3.05, 3.63) is 47.5 Å². The average molecular weight is 657 g/mol. The molecule has 1 aliphatic heterocycles. The Labute approximate surface area is 274 Å². The van der Waals surface area contributed by atoms with E-state index in [0.29, 0.717) is 42.7 Å². The summed E-state index contributed by atoms with van der Waals surface area (Å²) >= 11 is 0. The molecule has 0 saturated carbocycles. The summed E-state index contributed by atoms with van der Waals surface area (Å²) in [6.07, 6.45) is 0.396. The molecule has 15 nitrogen and oxygen atoms in total. The van der Waals surface area contributed by atoms with E-state index < -0.39 is 53.9 Å². The van der Waals surface area contributed by atoms with Crippen LogP contribution >= 0.6 is 0 Å². The molecule has 2 aromatic rings. The predicted octanol–water partition coefficient (Wildman–Crippen LogP) is -2.14. The second-order valence-electron chi connectivity index (χ2n) is 11.6. The normalized spacial score (nSPS) is 19.7. The van der Waals surface area contributed by atoms with Crippen LogP contribution < -0.4 is 48.9 Å². The second kappa shape index (κ2) is 18.2. The predicted molar refractivity (Wildman–Crippen MR) is 176 cm³/mol. The minimum atomic E-state index is -1.16. The SMILES string of the molecule is COc1ccc2cc1C[C@@H](C(=O)NCC(O)CNC(=O)[C@@H](N)CCCN)NC(=O)[C@H](CCCN)NC(=O)[C@@H](N)Cc1cc-2ccc1O. The first-order valence-corrected chi connectivity index (χ1v) is 15.7. The number of fused-ring (bicyclic) bond motifs is 5. The van der Waals surface area contributed by atoms with Gasteiger partial charge in [-0.05, 0) is 85.3 Å². The fourth-order valence-electron chi connectivity index (χ4n) is 5.18. The number of aliphatic hydroxyl groups excluding tert-OH is 1. The average Bonchev–Trinajstić information content (AvgIpc) is 3.06. The molecule has 4 bridgehead atoms. The van der Waals surface area contributed by atoms with Crippen LogP contribution in [-0.2, 0) is 32.0 Å². The van der Waals surface area contributed by atoms with Crippen LogP contribution in [0, 0.1) is 0 Å². The zero-order valence-electron chi connectivity index (χ0n) is 26.7. The number of nitrogens with two attached hydrogens (primary N) is 4. The minimum Gasteiger partial charge on any atom is -0.508 e. The first-order chi connectivity index (χ1) is 22.5. The molecule has 1 unspecified atom stereocenters. The third-order valence-corrected chi connectivity index (χ3v) is 7.94. The Hall–Kier alpha value is -4.28. The number of ether oxygens (including phenoxy) is 1. The number of amides is 4. The molecule has 15 heteroatoms. The Morgan fingerprint density at radius 1 is 0.957 bits per heavy atom. The van der Waals surface area contributed by atoms with Crippen LogP contribution in [0.15, 0.2) is 36.4 Å². The number of aliphatic hydroxyl groups is 1. The van der Waals surface area contributed by atoms with Crippen LogP contribution in [0.3, 0.4) is 0 Å². The zero-order valence-corrected chi connectivity index (χ0v) is 26.7. The van der Waals surface area contributed by atoms with Crippen molar-refractivity contribution in [2.24, 2.45) is 22.9 Å². The van der Waals surface area contributed by atoms with E-state index >= 15 is 0 Å². The number of phenolic OH excluding ortho intramolecular Hbond substituents is 1. The molecule has 0 radical (unpaired) electrons. The lowest BCUT2D eigenvalue weighted by molar-refractivity contribution is -0.132. The molecule has 258 valence electrons. The lowest BCUT2D eigenvalue weighted by atomic mass is 9.95. The van der Waals surface area contributed by atoms with Crippen LogP contribution in [0.1, 0.15) is 36.8 Å². The van der Waals surface area contributed by atoms with Crippen LogP contribution in [0.4, 0.5) is 0 Å². The summed E-state index contributed by atoms with van der Waals surface area (Å²) in [5, 5.41) is 31.6. The zero-order chi connectivity index (χ0) is 34.5. The Balaban J connectivity index is 1.90. The van der Waals surface area contributed by atoms with Gasteiger partial charge in [0.25, 0.3) is 0 Å². The summed E-state index contributed by atoms with van der Waals surface area (Å²) < 4.78 is 5.57. The lowest BCUT2D eigenvalue weighted by Gasteiger charge is -2.25. The van der Waals surface area contributed by atoms with Crippen molar-refractivity contribution < 1.29 is 34.1 Å². The summed E-state index contributed by atoms with van der Waals surface area (Å²) in [6, 6.07) is 6.25. The maximum Gasteiger partial charge on any atom is 0.243 e. The van der Waals surface area contributed by atoms with Gasteiger partial charge in [-0.3, -0.25) is 19.2 Å². The maximum atomic E-state index is 13.6. The fourth-order valence-corrected chi connectivity index (χ4v) is 5.18. The number of carbonyl (C=O) groups is 4. The molecule has 0 saturated heterocycles. The van der Waals surface area contributed by atoms with Crippen LogP contribution in [-0.4, -0.2) is 97.4 Å². The molecule has 1 aliphatic rings. The molecule has 3 rings (SSSR count). The van der Waals surface area contributed by atoms with Crippen LogP contribution in [0.5, 0.6) is 11.5 Å². The highest BCUT2D eigenvalue weighted by molar-refractivity contribution is 5.93. The molecular formula is C32H48N8O7. The van der Waals surface area contributed by atoms with E-state index in [0.717, 1.165) is 11.1 Å². The molecule has 0 spiro atoms. The van der Waals surface area contributed by atoms with Gasteiger partial charge in [0, 0.05) is 25.9 Å². The number of hydrogen-bond donors (Lipinski definition) is 10. The molecule has 4 amide bonds. The summed E-state index contributed by atoms with van der Waals surface area (Å²) in [7, 11) is 1.49. The van der Waals surface area contributed by atoms with E-state index in [1.807, 2.05) is 12.1 Å². The fraction of sp³-hybridized carbons (Fsp3) is 0.500. The highest BCUT2D eigenvalue weighted by Crippen LogP contribution is 2.31. The number of aromatic hydroxyl groups is 1. The van der Waals surface area contributed by atoms with Gasteiger partial charge in [-0.25, -0.2) is 0 Å². The minimum absolute atomic E-state index is 0.00714. The summed E-state index contributed by atoms with van der Waals surface area (Å²) in [6.45, 7) is 0.255. The highest BCUT2D eigenvalue weighted by Gasteiger charge is 2.30. The van der Waals surface area contributed by atoms with Gasteiger partial charge in [0.1, 0.15) is 23.6 Å². The number of nitrogens with one attached hydrogen (secondary N) is 4. The van der Waals surface area contributed by atoms with Gasteiger partial charge >= 0.3 is 0 Å². The van der Waals surface area contributed by atoms with Crippen molar-refractivity contribution in [2.45, 2.75) is 68.8 Å². The summed E-state index contributed by atoms with van der Waals surface area (Å²) in [5.74, 6) is -1.87. The number of methoxy groups -OCH3 is 1. The van der Waals surface area contributed by atoms with Crippen molar-refractivity contribution in [3.63, 3.8) is 0 Å². The number of carbonyl (C=O) groups excluding carboxylic acids is 4. The highest BCUT2D eigenvalue weighted by atomic mass is 16.5. The Morgan fingerprint density at radius 2 is 1.62 bits per heavy atom. The Morgan fingerprint density at radius 3 is 2.30 bits per heavy atom. The quantitative estimate of drug-likeness (QED) is 0.111. The maximum absolute atomic E-state index is 13.6. The van der Waals surface area contributed by atoms with E-state index in [-0.39, 0.29) is 44.6 Å². The lowest BCUT2D eigenvalue weighted by Crippen LogP contribution is -2.57. The Kier molecular flexibility index (Phi) is 14.4. The third kappa shape index (κ3) is 10.9. The van der Waals surface area contributed by atoms with E-state index in [4.69, 9.17) is 27.7 Å². The van der Waals surface area contributed by atoms with Gasteiger partial charge in [0.15, 0.2) is 0 Å². The van der Waals surface area contributed by atoms with E-state index in [1.165, 1.54) is 13.2 Å². The third-order valence-electron chi connectivity index (χ3n) is 7.94. The van der Waals surface area contributed by atoms with E-state index in [9.17, 15) is 29.4 Å². The van der Waals surface area contributed by atoms with Crippen molar-refractivity contribution in [2.75, 3.05) is 33.3 Å². The van der Waals surface area contributed by atoms with E-state index in [2.05, 4.69) is 21.3 Å². The molecule has 0 aromatic heterocycles. The molecule has 14 N–H and O–H groups in total. The molecular weight excluding hydrogens is 608 g/mol. The first-order valence-electron chi connectivity index (χ1n) is 15.7. The molecule has 2 aromatic carbocycles. The van der Waals surface area contributed by atoms with E-state index in [1.54, 1.807) is 18.2 Å². The largest absolute Gasteiger partial charge is 0.508 e. The number of benzene rings is 2. The monoisotopic (exact) mass is 656 g/mol. The van der Waals surface area contributed by atoms with Gasteiger partial charge in [0.05, 0.1) is 25.3 Å². The Bertz CT molecular complexity index is 1390. The number of hydrogen-bond acceptors (Lipinski definition) is 11. The molecule has 0 aliphatic carbocycles. The van der Waals surface area contributed by atoms with Crippen molar-refractivity contribution >= 4 is 23.6 Å². The summed E-state index contributed by atoms with van der Waals surface area (Å²) in [4.78, 5) is 52.5. The van der Waals surface area contributed by atoms with Gasteiger partial charge in [0.2, 0.25) is 23.6 Å². The molecule has 1 heterocycles. The second-order valence-corrected chi connectivity index (χ2v) is 11.6. The summed E-state index contributed by atoms with van der Waals surface area (Å²) in [5.41, 5.74) is 25.7. The van der Waals surface area contributed by atoms with Gasteiger partial charge in [-0.1, -0.05) is 12.1 Å². The smallest absolute Gasteiger partial charge is 0.243 e. The van der Waals surface area contributed by atoms with Gasteiger partial charge < -0.3 is 59.2 Å². The number of phenols is 1. The topological polar surface area (TPSA) is 270 Å². The van der Waals surface area contributed by atoms with Gasteiger partial charge in [-0.15, -0.1) is 0 Å². The molecule has 0 fully saturated rings. The molecule has 5 atom stereocenters. The molecule has 47 heavy (non-hydrogen) atoms. The van der Waals surface area contributed by atoms with Crippen molar-refractivity contribution in [1.29, 1.82) is 0 Å². The standard InChI is InChI=1S/C32H48N8O7/c1-47-28-9-7-19-13-21(28)15-26(31(45)38-17-22(41)16-37-29(43)23(35)4-2-10-33)40-32(46)25(5-3-11-34)39-30(44)24(36)14-20-12-18(19)6-8-27(20)42/h6-9,12-13,22-26,41-42H,2-5,10-11,14-17,33-36H2,1H3,(H,37,43)(H,38,45)(H,39,44)(H,40,46)/t22?,23-,24-,25-,26-/m0/s1. The van der Waals surface area contributed by atoms with Crippen LogP contribution in [0.25, 0.3) is 11.1 Å². The number of rotatable bonds is 13. The van der Waals surface area contributed by atoms with Crippen molar-refractivity contribution in [3.8, 4) is 22.6 Å². The first kappa shape index (κ1) is 37.2. The van der Waals surface area contributed by atoms with Crippen LogP contribution in [0.2, 0.25) is 0 Å². The van der Waals surface area contributed by atoms with Gasteiger partial charge in [-0.2, -0.15) is 0 Å².